The summed E-state index contributed by atoms with van der Waals surface area (Å²) < 4.78 is 13.2. The smallest absolute Gasteiger partial charge is 0.254 e. The molecule has 3 rings (SSSR count). The Labute approximate surface area is 133 Å². The van der Waals surface area contributed by atoms with Gasteiger partial charge in [-0.3, -0.25) is 14.4 Å². The Morgan fingerprint density at radius 2 is 1.83 bits per heavy atom. The van der Waals surface area contributed by atoms with Gasteiger partial charge in [0.05, 0.1) is 0 Å². The summed E-state index contributed by atoms with van der Waals surface area (Å²) in [5.41, 5.74) is 0.313. The molecular weight excluding hydrogens is 301 g/mol. The fourth-order valence-corrected chi connectivity index (χ4v) is 2.95. The standard InChI is InChI=1S/C16H18FN3O3/c17-12-3-1-2-11(10-12)15(22)19-6-8-20(9-7-19)16(23)13-4-5-14(21)18-13/h1-3,10,13H,4-9H2,(H,18,21). The highest BCUT2D eigenvalue weighted by atomic mass is 19.1. The van der Waals surface area contributed by atoms with Gasteiger partial charge < -0.3 is 15.1 Å². The van der Waals surface area contributed by atoms with Crippen LogP contribution in [-0.2, 0) is 9.59 Å². The number of halogens is 1. The number of carbonyl (C=O) groups is 3. The molecular formula is C16H18FN3O3. The van der Waals surface area contributed by atoms with Crippen molar-refractivity contribution in [2.75, 3.05) is 26.2 Å². The van der Waals surface area contributed by atoms with Crippen molar-refractivity contribution in [3.8, 4) is 0 Å². The Balaban J connectivity index is 1.57. The van der Waals surface area contributed by atoms with E-state index < -0.39 is 11.9 Å². The number of amides is 3. The van der Waals surface area contributed by atoms with Gasteiger partial charge in [-0.2, -0.15) is 0 Å². The van der Waals surface area contributed by atoms with E-state index in [0.29, 0.717) is 44.6 Å². The van der Waals surface area contributed by atoms with Gasteiger partial charge in [0.15, 0.2) is 0 Å². The molecule has 1 unspecified atom stereocenters. The third kappa shape index (κ3) is 3.33. The van der Waals surface area contributed by atoms with Gasteiger partial charge >= 0.3 is 0 Å². The predicted molar refractivity (Wildman–Crippen MR) is 80.0 cm³/mol. The van der Waals surface area contributed by atoms with Crippen LogP contribution in [-0.4, -0.2) is 59.7 Å². The Morgan fingerprint density at radius 3 is 2.43 bits per heavy atom. The molecule has 23 heavy (non-hydrogen) atoms. The van der Waals surface area contributed by atoms with Crippen molar-refractivity contribution in [2.24, 2.45) is 0 Å². The van der Waals surface area contributed by atoms with Crippen LogP contribution in [0, 0.1) is 5.82 Å². The van der Waals surface area contributed by atoms with Crippen LogP contribution in [0.4, 0.5) is 4.39 Å². The van der Waals surface area contributed by atoms with E-state index >= 15 is 0 Å². The SMILES string of the molecule is O=C1CCC(C(=O)N2CCN(C(=O)c3cccc(F)c3)CC2)N1. The number of benzene rings is 1. The van der Waals surface area contributed by atoms with Gasteiger partial charge in [0, 0.05) is 38.2 Å². The molecule has 1 aromatic rings. The zero-order chi connectivity index (χ0) is 16.4. The third-order valence-corrected chi connectivity index (χ3v) is 4.24. The first-order valence-corrected chi connectivity index (χ1v) is 7.67. The zero-order valence-corrected chi connectivity index (χ0v) is 12.6. The van der Waals surface area contributed by atoms with E-state index in [1.165, 1.54) is 18.2 Å². The Bertz CT molecular complexity index is 641. The highest BCUT2D eigenvalue weighted by Gasteiger charge is 2.33. The number of hydrogen-bond acceptors (Lipinski definition) is 3. The minimum absolute atomic E-state index is 0.0892. The summed E-state index contributed by atoms with van der Waals surface area (Å²) in [4.78, 5) is 39.1. The monoisotopic (exact) mass is 319 g/mol. The van der Waals surface area contributed by atoms with Gasteiger partial charge in [0.25, 0.3) is 5.91 Å². The number of nitrogens with zero attached hydrogens (tertiary/aromatic N) is 2. The van der Waals surface area contributed by atoms with Gasteiger partial charge in [0.2, 0.25) is 11.8 Å². The van der Waals surface area contributed by atoms with E-state index in [0.717, 1.165) is 0 Å². The first-order chi connectivity index (χ1) is 11.0. The molecule has 6 nitrogen and oxygen atoms in total. The molecule has 1 N–H and O–H groups in total. The van der Waals surface area contributed by atoms with E-state index in [1.54, 1.807) is 15.9 Å². The Morgan fingerprint density at radius 1 is 1.13 bits per heavy atom. The van der Waals surface area contributed by atoms with E-state index in [4.69, 9.17) is 0 Å². The van der Waals surface area contributed by atoms with E-state index in [9.17, 15) is 18.8 Å². The molecule has 2 aliphatic heterocycles. The maximum absolute atomic E-state index is 13.2. The quantitative estimate of drug-likeness (QED) is 0.857. The summed E-state index contributed by atoms with van der Waals surface area (Å²) in [5, 5.41) is 2.66. The first kappa shape index (κ1) is 15.5. The molecule has 1 aromatic carbocycles. The van der Waals surface area contributed by atoms with Crippen LogP contribution in [0.5, 0.6) is 0 Å². The lowest BCUT2D eigenvalue weighted by Gasteiger charge is -2.35. The number of hydrogen-bond donors (Lipinski definition) is 1. The van der Waals surface area contributed by atoms with Crippen LogP contribution in [0.15, 0.2) is 24.3 Å². The number of carbonyl (C=O) groups excluding carboxylic acids is 3. The molecule has 0 bridgehead atoms. The molecule has 122 valence electrons. The van der Waals surface area contributed by atoms with Crippen LogP contribution in [0.3, 0.4) is 0 Å². The number of rotatable bonds is 2. The molecule has 2 saturated heterocycles. The first-order valence-electron chi connectivity index (χ1n) is 7.67. The van der Waals surface area contributed by atoms with Crippen molar-refractivity contribution >= 4 is 17.7 Å². The fourth-order valence-electron chi connectivity index (χ4n) is 2.95. The van der Waals surface area contributed by atoms with Crippen LogP contribution < -0.4 is 5.32 Å². The van der Waals surface area contributed by atoms with Gasteiger partial charge in [-0.25, -0.2) is 4.39 Å². The summed E-state index contributed by atoms with van der Waals surface area (Å²) in [6.45, 7) is 1.65. The van der Waals surface area contributed by atoms with E-state index in [-0.39, 0.29) is 17.7 Å². The molecule has 0 aromatic heterocycles. The number of piperazine rings is 1. The van der Waals surface area contributed by atoms with Crippen molar-refractivity contribution in [3.05, 3.63) is 35.6 Å². The lowest BCUT2D eigenvalue weighted by atomic mass is 10.1. The average molecular weight is 319 g/mol. The summed E-state index contributed by atoms with van der Waals surface area (Å²) in [6, 6.07) is 5.16. The maximum atomic E-state index is 13.2. The highest BCUT2D eigenvalue weighted by Crippen LogP contribution is 2.14. The second-order valence-electron chi connectivity index (χ2n) is 5.79. The molecule has 2 aliphatic rings. The highest BCUT2D eigenvalue weighted by molar-refractivity contribution is 5.94. The molecule has 2 fully saturated rings. The van der Waals surface area contributed by atoms with Crippen LogP contribution in [0.25, 0.3) is 0 Å². The van der Waals surface area contributed by atoms with E-state index in [1.807, 2.05) is 0 Å². The van der Waals surface area contributed by atoms with E-state index in [2.05, 4.69) is 5.32 Å². The molecule has 0 aliphatic carbocycles. The van der Waals surface area contributed by atoms with Crippen LogP contribution in [0.1, 0.15) is 23.2 Å². The molecule has 7 heteroatoms. The van der Waals surface area contributed by atoms with Gasteiger partial charge in [-0.15, -0.1) is 0 Å². The van der Waals surface area contributed by atoms with Crippen LogP contribution in [0.2, 0.25) is 0 Å². The molecule has 0 saturated carbocycles. The molecule has 0 radical (unpaired) electrons. The Hall–Kier alpha value is -2.44. The van der Waals surface area contributed by atoms with Crippen molar-refractivity contribution < 1.29 is 18.8 Å². The lowest BCUT2D eigenvalue weighted by molar-refractivity contribution is -0.135. The normalized spacial score (nSPS) is 21.3. The largest absolute Gasteiger partial charge is 0.344 e. The third-order valence-electron chi connectivity index (χ3n) is 4.24. The lowest BCUT2D eigenvalue weighted by Crippen LogP contribution is -2.54. The van der Waals surface area contributed by atoms with Crippen molar-refractivity contribution in [3.63, 3.8) is 0 Å². The average Bonchev–Trinajstić information content (AvgIpc) is 3.00. The summed E-state index contributed by atoms with van der Waals surface area (Å²) >= 11 is 0. The summed E-state index contributed by atoms with van der Waals surface area (Å²) in [5.74, 6) is -0.857. The summed E-state index contributed by atoms with van der Waals surface area (Å²) in [6.07, 6.45) is 0.911. The zero-order valence-electron chi connectivity index (χ0n) is 12.6. The van der Waals surface area contributed by atoms with Crippen molar-refractivity contribution in [1.82, 2.24) is 15.1 Å². The number of nitrogens with one attached hydrogen (secondary N) is 1. The minimum atomic E-state index is -0.443. The molecule has 3 amide bonds. The predicted octanol–water partition coefficient (Wildman–Crippen LogP) is 0.389. The van der Waals surface area contributed by atoms with Crippen LogP contribution >= 0.6 is 0 Å². The second kappa shape index (κ2) is 6.36. The summed E-state index contributed by atoms with van der Waals surface area (Å²) in [7, 11) is 0. The Kier molecular flexibility index (Phi) is 4.27. The van der Waals surface area contributed by atoms with Gasteiger partial charge in [-0.1, -0.05) is 6.07 Å². The molecule has 1 atom stereocenters. The van der Waals surface area contributed by atoms with Crippen molar-refractivity contribution in [1.29, 1.82) is 0 Å². The van der Waals surface area contributed by atoms with Gasteiger partial charge in [0.1, 0.15) is 11.9 Å². The maximum Gasteiger partial charge on any atom is 0.254 e. The second-order valence-corrected chi connectivity index (χ2v) is 5.79. The van der Waals surface area contributed by atoms with Crippen molar-refractivity contribution in [2.45, 2.75) is 18.9 Å². The topological polar surface area (TPSA) is 69.7 Å². The minimum Gasteiger partial charge on any atom is -0.344 e. The molecule has 2 heterocycles. The van der Waals surface area contributed by atoms with Gasteiger partial charge in [-0.05, 0) is 24.6 Å². The fraction of sp³-hybridized carbons (Fsp3) is 0.438. The molecule has 0 spiro atoms.